The van der Waals surface area contributed by atoms with Gasteiger partial charge in [-0.05, 0) is 68.2 Å². The molecule has 1 aromatic carbocycles. The summed E-state index contributed by atoms with van der Waals surface area (Å²) in [6, 6.07) is 6.56. The van der Waals surface area contributed by atoms with Crippen molar-refractivity contribution in [2.75, 3.05) is 6.54 Å². The zero-order valence-corrected chi connectivity index (χ0v) is 14.7. The van der Waals surface area contributed by atoms with Crippen molar-refractivity contribution >= 4 is 23.2 Å². The summed E-state index contributed by atoms with van der Waals surface area (Å²) >= 11 is 12.4. The van der Waals surface area contributed by atoms with Crippen LogP contribution >= 0.6 is 23.2 Å². The van der Waals surface area contributed by atoms with E-state index >= 15 is 0 Å². The van der Waals surface area contributed by atoms with Gasteiger partial charge in [0.15, 0.2) is 0 Å². The van der Waals surface area contributed by atoms with Gasteiger partial charge in [-0.25, -0.2) is 0 Å². The maximum absolute atomic E-state index is 6.37. The molecule has 0 heterocycles. The first-order valence-corrected chi connectivity index (χ1v) is 9.06. The van der Waals surface area contributed by atoms with Crippen LogP contribution in [0.15, 0.2) is 18.2 Å². The lowest BCUT2D eigenvalue weighted by molar-refractivity contribution is 0.198. The quantitative estimate of drug-likeness (QED) is 0.703. The normalized spacial score (nSPS) is 26.0. The van der Waals surface area contributed by atoms with Crippen molar-refractivity contribution in [3.63, 3.8) is 0 Å². The van der Waals surface area contributed by atoms with Crippen LogP contribution in [-0.4, -0.2) is 12.6 Å². The topological polar surface area (TPSA) is 12.0 Å². The zero-order valence-electron chi connectivity index (χ0n) is 13.2. The molecule has 0 amide bonds. The largest absolute Gasteiger partial charge is 0.314 e. The van der Waals surface area contributed by atoms with Crippen LogP contribution in [0.25, 0.3) is 0 Å². The Bertz CT molecular complexity index is 447. The lowest BCUT2D eigenvalue weighted by Crippen LogP contribution is -2.42. The van der Waals surface area contributed by atoms with E-state index in [1.54, 1.807) is 0 Å². The second-order valence-corrected chi connectivity index (χ2v) is 7.19. The van der Waals surface area contributed by atoms with E-state index in [4.69, 9.17) is 23.2 Å². The Hall–Kier alpha value is -0.240. The van der Waals surface area contributed by atoms with E-state index in [2.05, 4.69) is 25.2 Å². The van der Waals surface area contributed by atoms with Gasteiger partial charge in [-0.15, -0.1) is 0 Å². The highest BCUT2D eigenvalue weighted by Gasteiger charge is 2.29. The minimum Gasteiger partial charge on any atom is -0.314 e. The third kappa shape index (κ3) is 4.87. The number of hydrogen-bond donors (Lipinski definition) is 1. The van der Waals surface area contributed by atoms with Crippen molar-refractivity contribution in [3.8, 4) is 0 Å². The molecule has 0 saturated heterocycles. The van der Waals surface area contributed by atoms with Crippen LogP contribution in [0.5, 0.6) is 0 Å². The van der Waals surface area contributed by atoms with Crippen molar-refractivity contribution in [2.24, 2.45) is 11.8 Å². The van der Waals surface area contributed by atoms with Crippen LogP contribution in [0.2, 0.25) is 10.0 Å². The van der Waals surface area contributed by atoms with Crippen LogP contribution in [0.4, 0.5) is 0 Å². The molecule has 2 rings (SSSR count). The fourth-order valence-electron chi connectivity index (χ4n) is 3.53. The Morgan fingerprint density at radius 2 is 2.00 bits per heavy atom. The predicted octanol–water partition coefficient (Wildman–Crippen LogP) is 5.73. The average molecular weight is 328 g/mol. The molecule has 0 bridgehead atoms. The van der Waals surface area contributed by atoms with E-state index in [0.717, 1.165) is 28.9 Å². The van der Waals surface area contributed by atoms with Crippen LogP contribution in [0, 0.1) is 11.8 Å². The third-order valence-corrected chi connectivity index (χ3v) is 5.41. The monoisotopic (exact) mass is 327 g/mol. The van der Waals surface area contributed by atoms with Gasteiger partial charge in [-0.1, -0.05) is 49.5 Å². The van der Waals surface area contributed by atoms with Gasteiger partial charge >= 0.3 is 0 Å². The molecule has 1 N–H and O–H groups in total. The highest BCUT2D eigenvalue weighted by atomic mass is 35.5. The summed E-state index contributed by atoms with van der Waals surface area (Å²) in [5.74, 6) is 1.56. The van der Waals surface area contributed by atoms with E-state index in [1.165, 1.54) is 37.7 Å². The second-order valence-electron chi connectivity index (χ2n) is 6.35. The van der Waals surface area contributed by atoms with E-state index < -0.39 is 0 Å². The molecule has 0 aromatic heterocycles. The number of hydrogen-bond acceptors (Lipinski definition) is 1. The summed E-state index contributed by atoms with van der Waals surface area (Å²) in [6.45, 7) is 5.67. The molecule has 118 valence electrons. The molecule has 1 saturated carbocycles. The van der Waals surface area contributed by atoms with Gasteiger partial charge < -0.3 is 5.32 Å². The summed E-state index contributed by atoms with van der Waals surface area (Å²) < 4.78 is 0. The molecular weight excluding hydrogens is 301 g/mol. The van der Waals surface area contributed by atoms with E-state index in [-0.39, 0.29) is 0 Å². The minimum atomic E-state index is 0.638. The number of benzene rings is 1. The van der Waals surface area contributed by atoms with Crippen molar-refractivity contribution in [2.45, 2.75) is 58.4 Å². The molecule has 1 nitrogen and oxygen atoms in total. The van der Waals surface area contributed by atoms with Gasteiger partial charge in [0.1, 0.15) is 0 Å². The maximum Gasteiger partial charge on any atom is 0.0452 e. The number of nitrogens with one attached hydrogen (secondary N) is 1. The molecule has 3 heteroatoms. The first-order chi connectivity index (χ1) is 10.1. The first-order valence-electron chi connectivity index (χ1n) is 8.31. The number of halogens is 2. The van der Waals surface area contributed by atoms with Crippen LogP contribution < -0.4 is 5.32 Å². The Balaban J connectivity index is 2.07. The number of rotatable bonds is 6. The molecule has 1 aliphatic rings. The Morgan fingerprint density at radius 1 is 1.19 bits per heavy atom. The van der Waals surface area contributed by atoms with Gasteiger partial charge in [0.05, 0.1) is 0 Å². The fraction of sp³-hybridized carbons (Fsp3) is 0.667. The molecule has 1 fully saturated rings. The highest BCUT2D eigenvalue weighted by Crippen LogP contribution is 2.35. The summed E-state index contributed by atoms with van der Waals surface area (Å²) in [5.41, 5.74) is 1.24. The Labute approximate surface area is 139 Å². The van der Waals surface area contributed by atoms with Gasteiger partial charge in [0.25, 0.3) is 0 Å². The Morgan fingerprint density at radius 3 is 2.67 bits per heavy atom. The molecule has 3 unspecified atom stereocenters. The first kappa shape index (κ1) is 17.1. The van der Waals surface area contributed by atoms with Crippen molar-refractivity contribution in [1.82, 2.24) is 5.32 Å². The average Bonchev–Trinajstić information content (AvgIpc) is 2.48. The molecule has 1 aromatic rings. The molecule has 0 aliphatic heterocycles. The molecule has 21 heavy (non-hydrogen) atoms. The van der Waals surface area contributed by atoms with Gasteiger partial charge in [0.2, 0.25) is 0 Å². The minimum absolute atomic E-state index is 0.638. The summed E-state index contributed by atoms with van der Waals surface area (Å²) in [4.78, 5) is 0. The Kier molecular flexibility index (Phi) is 6.85. The van der Waals surface area contributed by atoms with Crippen molar-refractivity contribution in [1.29, 1.82) is 0 Å². The maximum atomic E-state index is 6.37. The second kappa shape index (κ2) is 8.41. The predicted molar refractivity (Wildman–Crippen MR) is 93.4 cm³/mol. The zero-order chi connectivity index (χ0) is 15.2. The third-order valence-electron chi connectivity index (χ3n) is 4.82. The molecule has 3 atom stereocenters. The van der Waals surface area contributed by atoms with Crippen LogP contribution in [0.3, 0.4) is 0 Å². The smallest absolute Gasteiger partial charge is 0.0452 e. The van der Waals surface area contributed by atoms with E-state index in [0.29, 0.717) is 12.0 Å². The summed E-state index contributed by atoms with van der Waals surface area (Å²) in [7, 11) is 0. The van der Waals surface area contributed by atoms with E-state index in [1.807, 2.05) is 12.1 Å². The molecule has 1 aliphatic carbocycles. The molecule has 0 radical (unpaired) electrons. The summed E-state index contributed by atoms with van der Waals surface area (Å²) in [6.07, 6.45) is 7.54. The highest BCUT2D eigenvalue weighted by molar-refractivity contribution is 6.35. The van der Waals surface area contributed by atoms with Gasteiger partial charge in [-0.2, -0.15) is 0 Å². The fourth-order valence-corrected chi connectivity index (χ4v) is 4.01. The van der Waals surface area contributed by atoms with Crippen molar-refractivity contribution < 1.29 is 0 Å². The van der Waals surface area contributed by atoms with Crippen LogP contribution in [0.1, 0.15) is 51.5 Å². The molecule has 0 spiro atoms. The van der Waals surface area contributed by atoms with Crippen molar-refractivity contribution in [3.05, 3.63) is 33.8 Å². The molecular formula is C18H27Cl2N. The SMILES string of the molecule is CCCNC1CCC(CC)CC1Cc1ccc(Cl)cc1Cl. The van der Waals surface area contributed by atoms with Gasteiger partial charge in [0, 0.05) is 16.1 Å². The lowest BCUT2D eigenvalue weighted by atomic mass is 9.74. The van der Waals surface area contributed by atoms with Gasteiger partial charge in [-0.3, -0.25) is 0 Å². The van der Waals surface area contributed by atoms with E-state index in [9.17, 15) is 0 Å². The summed E-state index contributed by atoms with van der Waals surface area (Å²) in [5, 5.41) is 5.28. The standard InChI is InChI=1S/C18H27Cl2N/c1-3-9-21-18-8-5-13(4-2)10-15(18)11-14-6-7-16(19)12-17(14)20/h6-7,12-13,15,18,21H,3-5,8-11H2,1-2H3. The van der Waals surface area contributed by atoms with Crippen LogP contribution in [-0.2, 0) is 6.42 Å². The lowest BCUT2D eigenvalue weighted by Gasteiger charge is -2.37.